The number of aromatic nitrogens is 1. The number of aryl methyl sites for hydroxylation is 2. The van der Waals surface area contributed by atoms with Crippen molar-refractivity contribution in [2.45, 2.75) is 47.1 Å². The molecule has 2 aromatic rings. The van der Waals surface area contributed by atoms with Crippen LogP contribution >= 0.6 is 0 Å². The van der Waals surface area contributed by atoms with E-state index in [1.54, 1.807) is 6.92 Å². The number of nitrogens with zero attached hydrogens (tertiary/aromatic N) is 2. The molecule has 23 heavy (non-hydrogen) atoms. The zero-order valence-corrected chi connectivity index (χ0v) is 14.5. The zero-order chi connectivity index (χ0) is 17.0. The minimum Gasteiger partial charge on any atom is -0.369 e. The van der Waals surface area contributed by atoms with Gasteiger partial charge < -0.3 is 14.7 Å². The summed E-state index contributed by atoms with van der Waals surface area (Å²) in [6.07, 6.45) is 0.666. The second-order valence-corrected chi connectivity index (χ2v) is 5.79. The van der Waals surface area contributed by atoms with Gasteiger partial charge in [-0.3, -0.25) is 4.79 Å². The smallest absolute Gasteiger partial charge is 0.261 e. The second-order valence-electron chi connectivity index (χ2n) is 5.79. The molecular formula is C18H25N3O2. The van der Waals surface area contributed by atoms with E-state index in [2.05, 4.69) is 36.1 Å². The Bertz CT molecular complexity index is 659. The summed E-state index contributed by atoms with van der Waals surface area (Å²) in [5, 5.41) is 6.84. The Morgan fingerprint density at radius 1 is 1.26 bits per heavy atom. The van der Waals surface area contributed by atoms with Gasteiger partial charge in [-0.2, -0.15) is 0 Å². The van der Waals surface area contributed by atoms with E-state index in [4.69, 9.17) is 4.52 Å². The lowest BCUT2D eigenvalue weighted by Crippen LogP contribution is -2.30. The van der Waals surface area contributed by atoms with E-state index in [0.29, 0.717) is 29.5 Å². The molecule has 0 aliphatic heterocycles. The summed E-state index contributed by atoms with van der Waals surface area (Å²) in [7, 11) is 0. The van der Waals surface area contributed by atoms with Gasteiger partial charge in [-0.05, 0) is 58.4 Å². The molecule has 0 bridgehead atoms. The van der Waals surface area contributed by atoms with Crippen molar-refractivity contribution in [3.05, 3.63) is 41.3 Å². The highest BCUT2D eigenvalue weighted by atomic mass is 16.5. The number of carbonyl (C=O) groups excluding carboxylic acids is 1. The Labute approximate surface area is 137 Å². The summed E-state index contributed by atoms with van der Waals surface area (Å²) in [6, 6.07) is 8.34. The molecule has 0 spiro atoms. The molecule has 0 saturated heterocycles. The summed E-state index contributed by atoms with van der Waals surface area (Å²) in [6.45, 7) is 11.1. The lowest BCUT2D eigenvalue weighted by atomic mass is 10.1. The maximum absolute atomic E-state index is 12.4. The number of anilines is 2. The molecule has 5 heteroatoms. The molecule has 0 unspecified atom stereocenters. The fourth-order valence-electron chi connectivity index (χ4n) is 2.73. The highest BCUT2D eigenvalue weighted by molar-refractivity contribution is 6.05. The van der Waals surface area contributed by atoms with Crippen molar-refractivity contribution in [3.63, 3.8) is 0 Å². The third kappa shape index (κ3) is 3.73. The van der Waals surface area contributed by atoms with Crippen LogP contribution in [0.2, 0.25) is 0 Å². The third-order valence-corrected chi connectivity index (χ3v) is 3.92. The molecule has 1 aromatic heterocycles. The van der Waals surface area contributed by atoms with Gasteiger partial charge in [0.1, 0.15) is 11.3 Å². The van der Waals surface area contributed by atoms with Gasteiger partial charge in [0, 0.05) is 24.0 Å². The Morgan fingerprint density at radius 3 is 2.43 bits per heavy atom. The summed E-state index contributed by atoms with van der Waals surface area (Å²) in [5.74, 6) is 0.373. The Hall–Kier alpha value is -2.30. The normalized spacial score (nSPS) is 10.9. The number of amides is 1. The topological polar surface area (TPSA) is 58.4 Å². The fourth-order valence-corrected chi connectivity index (χ4v) is 2.73. The van der Waals surface area contributed by atoms with Crippen LogP contribution < -0.4 is 10.2 Å². The van der Waals surface area contributed by atoms with Crippen molar-refractivity contribution in [2.24, 2.45) is 0 Å². The average molecular weight is 315 g/mol. The van der Waals surface area contributed by atoms with Gasteiger partial charge in [-0.1, -0.05) is 12.1 Å². The molecule has 2 rings (SSSR count). The number of hydrogen-bond donors (Lipinski definition) is 1. The van der Waals surface area contributed by atoms with Gasteiger partial charge in [0.05, 0.1) is 5.69 Å². The van der Waals surface area contributed by atoms with Crippen molar-refractivity contribution in [2.75, 3.05) is 16.8 Å². The first-order valence-electron chi connectivity index (χ1n) is 8.11. The number of carbonyl (C=O) groups is 1. The highest BCUT2D eigenvalue weighted by Crippen LogP contribution is 2.21. The Balaban J connectivity index is 2.15. The molecule has 1 heterocycles. The predicted octanol–water partition coefficient (Wildman–Crippen LogP) is 4.03. The molecule has 1 N–H and O–H groups in total. The SMILES string of the molecule is CCc1noc(C)c1C(=O)Nc1ccc(N(CC)C(C)C)cc1. The van der Waals surface area contributed by atoms with Crippen molar-refractivity contribution in [1.29, 1.82) is 0 Å². The summed E-state index contributed by atoms with van der Waals surface area (Å²) in [4.78, 5) is 14.7. The first kappa shape index (κ1) is 17.1. The largest absolute Gasteiger partial charge is 0.369 e. The molecule has 0 aliphatic rings. The maximum atomic E-state index is 12.4. The van der Waals surface area contributed by atoms with Crippen LogP contribution in [0.5, 0.6) is 0 Å². The van der Waals surface area contributed by atoms with Crippen LogP contribution in [0.3, 0.4) is 0 Å². The predicted molar refractivity (Wildman–Crippen MR) is 93.2 cm³/mol. The standard InChI is InChI=1S/C18H25N3O2/c1-6-16-17(13(5)23-20-16)18(22)19-14-8-10-15(11-9-14)21(7-2)12(3)4/h8-12H,6-7H2,1-5H3,(H,19,22). The van der Waals surface area contributed by atoms with Gasteiger partial charge in [-0.25, -0.2) is 0 Å². The second kappa shape index (κ2) is 7.31. The molecule has 124 valence electrons. The van der Waals surface area contributed by atoms with Crippen molar-refractivity contribution in [3.8, 4) is 0 Å². The summed E-state index contributed by atoms with van der Waals surface area (Å²) in [5.41, 5.74) is 3.14. The maximum Gasteiger partial charge on any atom is 0.261 e. The monoisotopic (exact) mass is 315 g/mol. The van der Waals surface area contributed by atoms with Crippen LogP contribution in [0, 0.1) is 6.92 Å². The quantitative estimate of drug-likeness (QED) is 0.874. The van der Waals surface area contributed by atoms with Gasteiger partial charge in [0.25, 0.3) is 5.91 Å². The fraction of sp³-hybridized carbons (Fsp3) is 0.444. The number of benzene rings is 1. The van der Waals surface area contributed by atoms with E-state index in [1.165, 1.54) is 0 Å². The molecule has 0 saturated carbocycles. The molecule has 0 radical (unpaired) electrons. The number of rotatable bonds is 6. The minimum absolute atomic E-state index is 0.176. The van der Waals surface area contributed by atoms with Crippen LogP contribution in [0.15, 0.2) is 28.8 Å². The van der Waals surface area contributed by atoms with Gasteiger partial charge in [-0.15, -0.1) is 0 Å². The summed E-state index contributed by atoms with van der Waals surface area (Å²) >= 11 is 0. The molecule has 0 fully saturated rings. The molecule has 0 atom stereocenters. The molecule has 1 aromatic carbocycles. The van der Waals surface area contributed by atoms with Crippen LogP contribution in [-0.4, -0.2) is 23.7 Å². The van der Waals surface area contributed by atoms with E-state index in [0.717, 1.165) is 17.9 Å². The van der Waals surface area contributed by atoms with E-state index < -0.39 is 0 Å². The lowest BCUT2D eigenvalue weighted by Gasteiger charge is -2.27. The van der Waals surface area contributed by atoms with E-state index in [1.807, 2.05) is 31.2 Å². The Kier molecular flexibility index (Phi) is 5.42. The first-order valence-corrected chi connectivity index (χ1v) is 8.11. The van der Waals surface area contributed by atoms with Gasteiger partial charge >= 0.3 is 0 Å². The van der Waals surface area contributed by atoms with Crippen LogP contribution in [0.4, 0.5) is 11.4 Å². The van der Waals surface area contributed by atoms with Crippen LogP contribution in [0.1, 0.15) is 49.5 Å². The summed E-state index contributed by atoms with van der Waals surface area (Å²) < 4.78 is 5.12. The zero-order valence-electron chi connectivity index (χ0n) is 14.5. The first-order chi connectivity index (χ1) is 11.0. The molecular weight excluding hydrogens is 290 g/mol. The molecule has 0 aliphatic carbocycles. The lowest BCUT2D eigenvalue weighted by molar-refractivity contribution is 0.102. The van der Waals surface area contributed by atoms with Crippen molar-refractivity contribution >= 4 is 17.3 Å². The van der Waals surface area contributed by atoms with Gasteiger partial charge in [0.15, 0.2) is 0 Å². The minimum atomic E-state index is -0.176. The van der Waals surface area contributed by atoms with Crippen molar-refractivity contribution in [1.82, 2.24) is 5.16 Å². The van der Waals surface area contributed by atoms with Crippen molar-refractivity contribution < 1.29 is 9.32 Å². The number of nitrogens with one attached hydrogen (secondary N) is 1. The highest BCUT2D eigenvalue weighted by Gasteiger charge is 2.19. The third-order valence-electron chi connectivity index (χ3n) is 3.92. The van der Waals surface area contributed by atoms with Crippen LogP contribution in [0.25, 0.3) is 0 Å². The number of hydrogen-bond acceptors (Lipinski definition) is 4. The van der Waals surface area contributed by atoms with Crippen LogP contribution in [-0.2, 0) is 6.42 Å². The Morgan fingerprint density at radius 2 is 1.91 bits per heavy atom. The average Bonchev–Trinajstić information content (AvgIpc) is 2.90. The van der Waals surface area contributed by atoms with E-state index in [-0.39, 0.29) is 5.91 Å². The van der Waals surface area contributed by atoms with E-state index in [9.17, 15) is 4.79 Å². The van der Waals surface area contributed by atoms with Gasteiger partial charge in [0.2, 0.25) is 0 Å². The van der Waals surface area contributed by atoms with E-state index >= 15 is 0 Å². The molecule has 5 nitrogen and oxygen atoms in total. The molecule has 1 amide bonds.